The van der Waals surface area contributed by atoms with Crippen molar-refractivity contribution in [1.29, 1.82) is 0 Å². The van der Waals surface area contributed by atoms with E-state index in [1.54, 1.807) is 12.1 Å². The smallest absolute Gasteiger partial charge is 0.416 e. The summed E-state index contributed by atoms with van der Waals surface area (Å²) >= 11 is 0. The van der Waals surface area contributed by atoms with Gasteiger partial charge in [-0.1, -0.05) is 18.2 Å². The van der Waals surface area contributed by atoms with Crippen molar-refractivity contribution in [1.82, 2.24) is 4.98 Å². The number of pyridine rings is 1. The summed E-state index contributed by atoms with van der Waals surface area (Å²) in [5.41, 5.74) is -0.904. The van der Waals surface area contributed by atoms with Gasteiger partial charge in [-0.15, -0.1) is 0 Å². The zero-order valence-corrected chi connectivity index (χ0v) is 13.2. The summed E-state index contributed by atoms with van der Waals surface area (Å²) in [5.74, 6) is -1.36. The van der Waals surface area contributed by atoms with Crippen LogP contribution < -0.4 is 10.7 Å². The lowest BCUT2D eigenvalue weighted by atomic mass is 10.1. The van der Waals surface area contributed by atoms with Crippen LogP contribution in [0.3, 0.4) is 0 Å². The van der Waals surface area contributed by atoms with Crippen LogP contribution in [-0.4, -0.2) is 16.1 Å². The molecule has 0 atom stereocenters. The number of aromatic amines is 1. The van der Waals surface area contributed by atoms with Crippen molar-refractivity contribution in [2.75, 3.05) is 5.32 Å². The zero-order chi connectivity index (χ0) is 18.9. The van der Waals surface area contributed by atoms with Crippen LogP contribution in [0.4, 0.5) is 18.9 Å². The van der Waals surface area contributed by atoms with Crippen molar-refractivity contribution in [3.63, 3.8) is 0 Å². The summed E-state index contributed by atoms with van der Waals surface area (Å²) in [4.78, 5) is 26.0. The van der Waals surface area contributed by atoms with Crippen LogP contribution in [0.15, 0.2) is 53.5 Å². The maximum Gasteiger partial charge on any atom is 0.416 e. The largest absolute Gasteiger partial charge is 0.477 e. The fourth-order valence-corrected chi connectivity index (χ4v) is 2.64. The normalized spacial score (nSPS) is 11.5. The number of carboxylic acid groups (broad SMARTS) is 1. The Morgan fingerprint density at radius 3 is 2.58 bits per heavy atom. The minimum atomic E-state index is -4.46. The molecule has 0 radical (unpaired) electrons. The Hall–Kier alpha value is -3.29. The van der Waals surface area contributed by atoms with E-state index in [-0.39, 0.29) is 17.5 Å². The van der Waals surface area contributed by atoms with E-state index in [1.165, 1.54) is 24.3 Å². The first kappa shape index (κ1) is 17.5. The van der Waals surface area contributed by atoms with E-state index < -0.39 is 28.7 Å². The second kappa shape index (κ2) is 6.55. The van der Waals surface area contributed by atoms with E-state index in [1.807, 2.05) is 0 Å². The Labute approximate surface area is 145 Å². The number of carboxylic acids is 1. The number of hydrogen-bond acceptors (Lipinski definition) is 3. The molecular weight excluding hydrogens is 349 g/mol. The lowest BCUT2D eigenvalue weighted by Gasteiger charge is -2.14. The van der Waals surface area contributed by atoms with Crippen LogP contribution in [0, 0.1) is 0 Å². The average molecular weight is 362 g/mol. The van der Waals surface area contributed by atoms with Gasteiger partial charge >= 0.3 is 12.1 Å². The summed E-state index contributed by atoms with van der Waals surface area (Å²) in [7, 11) is 0. The molecule has 0 saturated heterocycles. The SMILES string of the molecule is O=C(O)c1c[nH]c2ccc(NCc3ccccc3C(F)(F)F)cc2c1=O. The van der Waals surface area contributed by atoms with Crippen molar-refractivity contribution in [2.45, 2.75) is 12.7 Å². The van der Waals surface area contributed by atoms with Gasteiger partial charge in [0.2, 0.25) is 5.43 Å². The topological polar surface area (TPSA) is 82.2 Å². The Balaban J connectivity index is 1.92. The molecule has 1 aromatic heterocycles. The number of fused-ring (bicyclic) bond motifs is 1. The number of H-pyrrole nitrogens is 1. The van der Waals surface area contributed by atoms with Gasteiger partial charge in [-0.3, -0.25) is 4.79 Å². The summed E-state index contributed by atoms with van der Waals surface area (Å²) < 4.78 is 39.1. The minimum Gasteiger partial charge on any atom is -0.477 e. The first-order valence-corrected chi connectivity index (χ1v) is 7.55. The highest BCUT2D eigenvalue weighted by Gasteiger charge is 2.32. The number of nitrogens with one attached hydrogen (secondary N) is 2. The number of hydrogen-bond donors (Lipinski definition) is 3. The first-order chi connectivity index (χ1) is 12.3. The van der Waals surface area contributed by atoms with Crippen LogP contribution in [-0.2, 0) is 12.7 Å². The lowest BCUT2D eigenvalue weighted by molar-refractivity contribution is -0.138. The maximum atomic E-state index is 13.0. The molecule has 0 bridgehead atoms. The molecule has 3 N–H and O–H groups in total. The highest BCUT2D eigenvalue weighted by atomic mass is 19.4. The summed E-state index contributed by atoms with van der Waals surface area (Å²) in [6.07, 6.45) is -3.35. The first-order valence-electron chi connectivity index (χ1n) is 7.55. The molecule has 5 nitrogen and oxygen atoms in total. The molecule has 2 aromatic carbocycles. The Morgan fingerprint density at radius 1 is 1.15 bits per heavy atom. The van der Waals surface area contributed by atoms with Crippen LogP contribution >= 0.6 is 0 Å². The molecule has 1 heterocycles. The number of anilines is 1. The lowest BCUT2D eigenvalue weighted by Crippen LogP contribution is -2.15. The zero-order valence-electron chi connectivity index (χ0n) is 13.2. The fourth-order valence-electron chi connectivity index (χ4n) is 2.64. The van der Waals surface area contributed by atoms with Crippen LogP contribution in [0.1, 0.15) is 21.5 Å². The molecule has 0 aliphatic carbocycles. The number of rotatable bonds is 4. The van der Waals surface area contributed by atoms with Crippen molar-refractivity contribution in [2.24, 2.45) is 0 Å². The van der Waals surface area contributed by atoms with E-state index in [0.29, 0.717) is 11.2 Å². The molecule has 0 aliphatic rings. The minimum absolute atomic E-state index is 0.0632. The molecule has 0 aliphatic heterocycles. The van der Waals surface area contributed by atoms with Crippen LogP contribution in [0.25, 0.3) is 10.9 Å². The summed E-state index contributed by atoms with van der Waals surface area (Å²) in [6.45, 7) is -0.0995. The number of halogens is 3. The molecule has 3 rings (SSSR count). The Bertz CT molecular complexity index is 1040. The number of aromatic nitrogens is 1. The van der Waals surface area contributed by atoms with Crippen LogP contribution in [0.5, 0.6) is 0 Å². The van der Waals surface area contributed by atoms with Gasteiger partial charge in [-0.25, -0.2) is 4.79 Å². The van der Waals surface area contributed by atoms with E-state index in [9.17, 15) is 22.8 Å². The molecule has 3 aromatic rings. The fraction of sp³-hybridized carbons (Fsp3) is 0.111. The second-order valence-electron chi connectivity index (χ2n) is 5.61. The molecule has 0 unspecified atom stereocenters. The molecule has 134 valence electrons. The van der Waals surface area contributed by atoms with E-state index in [2.05, 4.69) is 10.3 Å². The molecule has 8 heteroatoms. The highest BCUT2D eigenvalue weighted by molar-refractivity contribution is 5.93. The molecule has 0 spiro atoms. The molecule has 0 amide bonds. The van der Waals surface area contributed by atoms with E-state index in [0.717, 1.165) is 12.3 Å². The van der Waals surface area contributed by atoms with Gasteiger partial charge in [0, 0.05) is 29.3 Å². The predicted molar refractivity (Wildman–Crippen MR) is 90.3 cm³/mol. The van der Waals surface area contributed by atoms with Crippen molar-refractivity contribution < 1.29 is 23.1 Å². The molecule has 0 fully saturated rings. The van der Waals surface area contributed by atoms with Gasteiger partial charge in [-0.2, -0.15) is 13.2 Å². The molecular formula is C18H13F3N2O3. The van der Waals surface area contributed by atoms with Crippen LogP contribution in [0.2, 0.25) is 0 Å². The predicted octanol–water partition coefficient (Wildman–Crippen LogP) is 3.86. The third kappa shape index (κ3) is 3.39. The monoisotopic (exact) mass is 362 g/mol. The quantitative estimate of drug-likeness (QED) is 0.658. The Kier molecular flexibility index (Phi) is 4.41. The summed E-state index contributed by atoms with van der Waals surface area (Å²) in [6, 6.07) is 9.76. The summed E-state index contributed by atoms with van der Waals surface area (Å²) in [5, 5.41) is 12.0. The number of benzene rings is 2. The van der Waals surface area contributed by atoms with Gasteiger partial charge in [-0.05, 0) is 29.8 Å². The Morgan fingerprint density at radius 2 is 1.88 bits per heavy atom. The van der Waals surface area contributed by atoms with E-state index in [4.69, 9.17) is 5.11 Å². The third-order valence-corrected chi connectivity index (χ3v) is 3.92. The number of alkyl halides is 3. The highest BCUT2D eigenvalue weighted by Crippen LogP contribution is 2.32. The maximum absolute atomic E-state index is 13.0. The van der Waals surface area contributed by atoms with Crippen molar-refractivity contribution >= 4 is 22.6 Å². The average Bonchev–Trinajstić information content (AvgIpc) is 2.59. The van der Waals surface area contributed by atoms with Gasteiger partial charge in [0.15, 0.2) is 0 Å². The number of carbonyl (C=O) groups is 1. The van der Waals surface area contributed by atoms with Crippen molar-refractivity contribution in [3.05, 3.63) is 75.6 Å². The van der Waals surface area contributed by atoms with E-state index >= 15 is 0 Å². The second-order valence-corrected chi connectivity index (χ2v) is 5.61. The van der Waals surface area contributed by atoms with Gasteiger partial charge in [0.1, 0.15) is 5.56 Å². The van der Waals surface area contributed by atoms with Gasteiger partial charge in [0.05, 0.1) is 5.56 Å². The third-order valence-electron chi connectivity index (χ3n) is 3.92. The molecule has 0 saturated carbocycles. The van der Waals surface area contributed by atoms with Gasteiger partial charge in [0.25, 0.3) is 0 Å². The van der Waals surface area contributed by atoms with Crippen molar-refractivity contribution in [3.8, 4) is 0 Å². The standard InChI is InChI=1S/C18H13F3N2O3/c19-18(20,21)14-4-2-1-3-10(14)8-22-11-5-6-15-12(7-11)16(24)13(9-23-15)17(25)26/h1-7,9,22H,8H2,(H,23,24)(H,25,26). The molecule has 26 heavy (non-hydrogen) atoms. The van der Waals surface area contributed by atoms with Gasteiger partial charge < -0.3 is 15.4 Å². The number of aromatic carboxylic acids is 1.